The van der Waals surface area contributed by atoms with Crippen LogP contribution < -0.4 is 5.73 Å². The van der Waals surface area contributed by atoms with Crippen LogP contribution in [0.3, 0.4) is 0 Å². The van der Waals surface area contributed by atoms with E-state index in [9.17, 15) is 4.79 Å². The smallest absolute Gasteiger partial charge is 0.224 e. The van der Waals surface area contributed by atoms with Gasteiger partial charge in [0.2, 0.25) is 5.91 Å². The summed E-state index contributed by atoms with van der Waals surface area (Å²) in [6.45, 7) is 6.99. The van der Waals surface area contributed by atoms with E-state index >= 15 is 0 Å². The number of amides is 1. The van der Waals surface area contributed by atoms with Gasteiger partial charge in [0.25, 0.3) is 0 Å². The molecule has 0 radical (unpaired) electrons. The fourth-order valence-corrected chi connectivity index (χ4v) is 3.38. The molecule has 88 valence electrons. The normalized spacial score (nSPS) is 22.9. The summed E-state index contributed by atoms with van der Waals surface area (Å²) in [6, 6.07) is 2.35. The maximum Gasteiger partial charge on any atom is 0.224 e. The highest BCUT2D eigenvalue weighted by Gasteiger charge is 2.31. The Hall–Kier alpha value is -0.870. The highest BCUT2D eigenvalue weighted by molar-refractivity contribution is 7.12. The van der Waals surface area contributed by atoms with Crippen molar-refractivity contribution in [1.29, 1.82) is 0 Å². The number of rotatable bonds is 2. The molecular formula is C12H18N2OS. The highest BCUT2D eigenvalue weighted by atomic mass is 32.1. The number of hydrogen-bond acceptors (Lipinski definition) is 3. The second kappa shape index (κ2) is 4.18. The van der Waals surface area contributed by atoms with Gasteiger partial charge in [-0.25, -0.2) is 0 Å². The topological polar surface area (TPSA) is 46.3 Å². The van der Waals surface area contributed by atoms with Gasteiger partial charge in [-0.3, -0.25) is 4.79 Å². The Balaban J connectivity index is 2.22. The molecule has 2 unspecified atom stereocenters. The van der Waals surface area contributed by atoms with E-state index < -0.39 is 0 Å². The first-order valence-electron chi connectivity index (χ1n) is 5.61. The van der Waals surface area contributed by atoms with Gasteiger partial charge in [0.1, 0.15) is 0 Å². The SMILES string of the molecule is Cc1cc(C(C)N2CC(N)CC2=O)c(C)s1. The molecule has 1 saturated heterocycles. The van der Waals surface area contributed by atoms with E-state index in [1.807, 2.05) is 4.90 Å². The Morgan fingerprint density at radius 3 is 2.69 bits per heavy atom. The molecule has 2 atom stereocenters. The summed E-state index contributed by atoms with van der Waals surface area (Å²) in [7, 11) is 0. The van der Waals surface area contributed by atoms with Gasteiger partial charge in [-0.1, -0.05) is 0 Å². The summed E-state index contributed by atoms with van der Waals surface area (Å²) >= 11 is 1.79. The first-order valence-corrected chi connectivity index (χ1v) is 6.42. The Labute approximate surface area is 100 Å². The minimum atomic E-state index is 0.00925. The zero-order valence-electron chi connectivity index (χ0n) is 9.99. The van der Waals surface area contributed by atoms with E-state index in [0.29, 0.717) is 13.0 Å². The molecule has 1 aliphatic rings. The third kappa shape index (κ3) is 1.99. The Bertz CT molecular complexity index is 413. The molecule has 16 heavy (non-hydrogen) atoms. The van der Waals surface area contributed by atoms with Crippen LogP contribution in [0, 0.1) is 13.8 Å². The number of nitrogens with zero attached hydrogens (tertiary/aromatic N) is 1. The minimum absolute atomic E-state index is 0.00925. The third-order valence-electron chi connectivity index (χ3n) is 3.19. The minimum Gasteiger partial charge on any atom is -0.334 e. The van der Waals surface area contributed by atoms with Crippen molar-refractivity contribution in [1.82, 2.24) is 4.90 Å². The van der Waals surface area contributed by atoms with Crippen molar-refractivity contribution in [2.75, 3.05) is 6.54 Å². The number of thiophene rings is 1. The van der Waals surface area contributed by atoms with Crippen LogP contribution in [0.25, 0.3) is 0 Å². The van der Waals surface area contributed by atoms with E-state index in [-0.39, 0.29) is 18.0 Å². The Morgan fingerprint density at radius 2 is 2.25 bits per heavy atom. The number of aryl methyl sites for hydroxylation is 2. The van der Waals surface area contributed by atoms with Gasteiger partial charge in [-0.15, -0.1) is 11.3 Å². The first kappa shape index (κ1) is 11.6. The average molecular weight is 238 g/mol. The third-order valence-corrected chi connectivity index (χ3v) is 4.17. The monoisotopic (exact) mass is 238 g/mol. The van der Waals surface area contributed by atoms with Crippen molar-refractivity contribution in [3.05, 3.63) is 21.4 Å². The zero-order valence-corrected chi connectivity index (χ0v) is 10.8. The molecule has 1 aromatic rings. The predicted octanol–water partition coefficient (Wildman–Crippen LogP) is 1.99. The second-order valence-corrected chi connectivity index (χ2v) is 6.02. The Kier molecular flexibility index (Phi) is 3.04. The summed E-state index contributed by atoms with van der Waals surface area (Å²) in [6.07, 6.45) is 0.493. The molecule has 0 spiro atoms. The van der Waals surface area contributed by atoms with Crippen LogP contribution in [0.5, 0.6) is 0 Å². The van der Waals surface area contributed by atoms with Gasteiger partial charge in [-0.2, -0.15) is 0 Å². The fraction of sp³-hybridized carbons (Fsp3) is 0.583. The molecule has 1 fully saturated rings. The van der Waals surface area contributed by atoms with Crippen LogP contribution in [-0.2, 0) is 4.79 Å². The molecule has 4 heteroatoms. The van der Waals surface area contributed by atoms with Crippen molar-refractivity contribution >= 4 is 17.2 Å². The average Bonchev–Trinajstić information content (AvgIpc) is 2.68. The summed E-state index contributed by atoms with van der Waals surface area (Å²) in [5.41, 5.74) is 7.08. The number of carbonyl (C=O) groups is 1. The summed E-state index contributed by atoms with van der Waals surface area (Å²) in [5.74, 6) is 0.184. The number of nitrogens with two attached hydrogens (primary N) is 1. The summed E-state index contributed by atoms with van der Waals surface area (Å²) < 4.78 is 0. The van der Waals surface area contributed by atoms with Crippen molar-refractivity contribution < 1.29 is 4.79 Å². The molecular weight excluding hydrogens is 220 g/mol. The number of hydrogen-bond donors (Lipinski definition) is 1. The number of likely N-dealkylation sites (tertiary alicyclic amines) is 1. The maximum atomic E-state index is 11.8. The van der Waals surface area contributed by atoms with E-state index in [0.717, 1.165) is 0 Å². The zero-order chi connectivity index (χ0) is 11.9. The van der Waals surface area contributed by atoms with Crippen LogP contribution in [0.2, 0.25) is 0 Å². The predicted molar refractivity (Wildman–Crippen MR) is 66.5 cm³/mol. The van der Waals surface area contributed by atoms with Gasteiger partial charge in [0, 0.05) is 28.8 Å². The van der Waals surface area contributed by atoms with E-state index in [1.54, 1.807) is 11.3 Å². The van der Waals surface area contributed by atoms with Gasteiger partial charge < -0.3 is 10.6 Å². The van der Waals surface area contributed by atoms with Crippen LogP contribution >= 0.6 is 11.3 Å². The quantitative estimate of drug-likeness (QED) is 0.856. The largest absolute Gasteiger partial charge is 0.334 e. The molecule has 0 bridgehead atoms. The number of carbonyl (C=O) groups excluding carboxylic acids is 1. The molecule has 1 aliphatic heterocycles. The molecule has 2 rings (SSSR count). The van der Waals surface area contributed by atoms with Crippen molar-refractivity contribution in [3.63, 3.8) is 0 Å². The molecule has 0 saturated carbocycles. The molecule has 2 N–H and O–H groups in total. The lowest BCUT2D eigenvalue weighted by atomic mass is 10.1. The molecule has 3 nitrogen and oxygen atoms in total. The van der Waals surface area contributed by atoms with E-state index in [1.165, 1.54) is 15.3 Å². The van der Waals surface area contributed by atoms with Crippen molar-refractivity contribution in [3.8, 4) is 0 Å². The Morgan fingerprint density at radius 1 is 1.56 bits per heavy atom. The summed E-state index contributed by atoms with van der Waals surface area (Å²) in [5, 5.41) is 0. The van der Waals surface area contributed by atoms with Gasteiger partial charge in [0.15, 0.2) is 0 Å². The molecule has 0 aliphatic carbocycles. The molecule has 0 aromatic carbocycles. The van der Waals surface area contributed by atoms with Gasteiger partial charge in [-0.05, 0) is 32.4 Å². The maximum absolute atomic E-state index is 11.8. The van der Waals surface area contributed by atoms with E-state index in [2.05, 4.69) is 26.8 Å². The first-order chi connectivity index (χ1) is 7.49. The van der Waals surface area contributed by atoms with Gasteiger partial charge in [0.05, 0.1) is 6.04 Å². The summed E-state index contributed by atoms with van der Waals surface area (Å²) in [4.78, 5) is 16.3. The van der Waals surface area contributed by atoms with E-state index in [4.69, 9.17) is 5.73 Å². The molecule has 1 aromatic heterocycles. The lowest BCUT2D eigenvalue weighted by molar-refractivity contribution is -0.129. The lowest BCUT2D eigenvalue weighted by Gasteiger charge is -2.24. The highest BCUT2D eigenvalue weighted by Crippen LogP contribution is 2.31. The second-order valence-electron chi connectivity index (χ2n) is 4.55. The van der Waals surface area contributed by atoms with Crippen LogP contribution in [0.1, 0.15) is 34.7 Å². The standard InChI is InChI=1S/C12H18N2OS/c1-7-4-11(9(3)16-7)8(2)14-6-10(13)5-12(14)15/h4,8,10H,5-6,13H2,1-3H3. The molecule has 1 amide bonds. The fourth-order valence-electron chi connectivity index (χ4n) is 2.37. The lowest BCUT2D eigenvalue weighted by Crippen LogP contribution is -2.30. The molecule has 2 heterocycles. The van der Waals surface area contributed by atoms with Crippen LogP contribution in [0.4, 0.5) is 0 Å². The van der Waals surface area contributed by atoms with Crippen LogP contribution in [-0.4, -0.2) is 23.4 Å². The van der Waals surface area contributed by atoms with Gasteiger partial charge >= 0.3 is 0 Å². The van der Waals surface area contributed by atoms with Crippen LogP contribution in [0.15, 0.2) is 6.07 Å². The van der Waals surface area contributed by atoms with Crippen molar-refractivity contribution in [2.45, 2.75) is 39.3 Å². The van der Waals surface area contributed by atoms with Crippen molar-refractivity contribution in [2.24, 2.45) is 5.73 Å².